The van der Waals surface area contributed by atoms with Gasteiger partial charge in [0.1, 0.15) is 35.4 Å². The average Bonchev–Trinajstić information content (AvgIpc) is 3.13. The number of hydrogen-bond donors (Lipinski definition) is 0. The van der Waals surface area contributed by atoms with Crippen LogP contribution in [0.2, 0.25) is 0 Å². The van der Waals surface area contributed by atoms with E-state index in [9.17, 15) is 36.7 Å². The van der Waals surface area contributed by atoms with Crippen molar-refractivity contribution in [1.29, 1.82) is 0 Å². The van der Waals surface area contributed by atoms with E-state index in [1.807, 2.05) is 0 Å². The van der Waals surface area contributed by atoms with Crippen molar-refractivity contribution < 1.29 is 55.1 Å². The van der Waals surface area contributed by atoms with Crippen molar-refractivity contribution in [2.45, 2.75) is 69.4 Å². The molecule has 0 radical (unpaired) electrons. The SMILES string of the molecule is CC(=O)OC1C2OS(=O)(=O)C3C2OC1C3C(=O)OC(C(C)(C)C)C(F)(F)C(=O)[O-]. The number of ether oxygens (including phenoxy) is 3. The second kappa shape index (κ2) is 6.57. The van der Waals surface area contributed by atoms with E-state index in [0.717, 1.165) is 6.92 Å². The molecule has 0 aromatic carbocycles. The number of fused-ring (bicyclic) bond motifs is 1. The molecule has 0 aromatic heterocycles. The molecule has 0 saturated carbocycles. The summed E-state index contributed by atoms with van der Waals surface area (Å²) in [6.07, 6.45) is -7.34. The van der Waals surface area contributed by atoms with Gasteiger partial charge < -0.3 is 24.1 Å². The molecule has 3 fully saturated rings. The average molecular weight is 441 g/mol. The Labute approximate surface area is 164 Å². The first kappa shape index (κ1) is 21.8. The molecule has 0 aromatic rings. The molecule has 0 aliphatic carbocycles. The van der Waals surface area contributed by atoms with Crippen LogP contribution in [-0.2, 0) is 42.9 Å². The van der Waals surface area contributed by atoms with Gasteiger partial charge in [-0.1, -0.05) is 20.8 Å². The fourth-order valence-electron chi connectivity index (χ4n) is 4.02. The zero-order valence-corrected chi connectivity index (χ0v) is 16.6. The lowest BCUT2D eigenvalue weighted by atomic mass is 9.83. The maximum Gasteiger partial charge on any atom is 0.323 e. The molecule has 3 heterocycles. The van der Waals surface area contributed by atoms with Crippen LogP contribution in [0.4, 0.5) is 8.78 Å². The van der Waals surface area contributed by atoms with E-state index in [1.165, 1.54) is 20.8 Å². The van der Waals surface area contributed by atoms with E-state index >= 15 is 0 Å². The maximum atomic E-state index is 14.1. The fraction of sp³-hybridized carbons (Fsp3) is 0.812. The molecule has 3 rings (SSSR count). The molecule has 10 nitrogen and oxygen atoms in total. The molecule has 3 aliphatic rings. The van der Waals surface area contributed by atoms with E-state index in [1.54, 1.807) is 0 Å². The van der Waals surface area contributed by atoms with Crippen molar-refractivity contribution in [2.75, 3.05) is 0 Å². The summed E-state index contributed by atoms with van der Waals surface area (Å²) in [6.45, 7) is 4.70. The fourth-order valence-corrected chi connectivity index (χ4v) is 5.85. The lowest BCUT2D eigenvalue weighted by Gasteiger charge is -2.37. The highest BCUT2D eigenvalue weighted by atomic mass is 32.2. The number of hydrogen-bond acceptors (Lipinski definition) is 10. The molecule has 3 saturated heterocycles. The van der Waals surface area contributed by atoms with Crippen LogP contribution in [0, 0.1) is 11.3 Å². The first-order valence-electron chi connectivity index (χ1n) is 8.63. The van der Waals surface area contributed by atoms with E-state index in [0.29, 0.717) is 0 Å². The minimum atomic E-state index is -4.55. The highest BCUT2D eigenvalue weighted by molar-refractivity contribution is 7.87. The number of alkyl halides is 2. The van der Waals surface area contributed by atoms with Crippen LogP contribution in [0.25, 0.3) is 0 Å². The summed E-state index contributed by atoms with van der Waals surface area (Å²) in [5, 5.41) is 9.35. The summed E-state index contributed by atoms with van der Waals surface area (Å²) in [7, 11) is -4.35. The number of aliphatic carboxylic acids is 1. The molecular formula is C16H19F2O10S-. The second-order valence-electron chi connectivity index (χ2n) is 8.28. The number of carbonyl (C=O) groups excluding carboxylic acids is 3. The summed E-state index contributed by atoms with van der Waals surface area (Å²) < 4.78 is 73.1. The third-order valence-corrected chi connectivity index (χ3v) is 6.81. The van der Waals surface area contributed by atoms with E-state index in [-0.39, 0.29) is 0 Å². The summed E-state index contributed by atoms with van der Waals surface area (Å²) in [4.78, 5) is 35.0. The molecule has 164 valence electrons. The highest BCUT2D eigenvalue weighted by Crippen LogP contribution is 2.52. The van der Waals surface area contributed by atoms with Gasteiger partial charge in [0.2, 0.25) is 0 Å². The Balaban J connectivity index is 1.93. The molecule has 0 spiro atoms. The summed E-state index contributed by atoms with van der Waals surface area (Å²) in [5.74, 6) is -11.2. The summed E-state index contributed by atoms with van der Waals surface area (Å²) in [5.41, 5.74) is -1.54. The zero-order valence-electron chi connectivity index (χ0n) is 15.8. The van der Waals surface area contributed by atoms with E-state index < -0.39 is 81.1 Å². The zero-order chi connectivity index (χ0) is 22.1. The number of halogens is 2. The molecule has 0 N–H and O–H groups in total. The van der Waals surface area contributed by atoms with Gasteiger partial charge in [-0.25, -0.2) is 0 Å². The number of carbonyl (C=O) groups is 3. The quantitative estimate of drug-likeness (QED) is 0.375. The van der Waals surface area contributed by atoms with Gasteiger partial charge >= 0.3 is 17.9 Å². The minimum absolute atomic E-state index is 0.793. The molecule has 13 heteroatoms. The van der Waals surface area contributed by atoms with Gasteiger partial charge in [-0.3, -0.25) is 13.8 Å². The van der Waals surface area contributed by atoms with Gasteiger partial charge in [-0.2, -0.15) is 17.2 Å². The first-order chi connectivity index (χ1) is 13.1. The predicted octanol–water partition coefficient (Wildman–Crippen LogP) is -1.24. The van der Waals surface area contributed by atoms with Crippen LogP contribution in [0.3, 0.4) is 0 Å². The predicted molar refractivity (Wildman–Crippen MR) is 84.6 cm³/mol. The third kappa shape index (κ3) is 3.38. The number of carboxylic acids is 1. The van der Waals surface area contributed by atoms with Crippen LogP contribution in [0.5, 0.6) is 0 Å². The Morgan fingerprint density at radius 1 is 1.10 bits per heavy atom. The molecular weight excluding hydrogens is 422 g/mol. The number of carboxylic acid groups (broad SMARTS) is 1. The molecule has 7 unspecified atom stereocenters. The summed E-state index contributed by atoms with van der Waals surface area (Å²) in [6, 6.07) is 0. The Morgan fingerprint density at radius 2 is 1.69 bits per heavy atom. The van der Waals surface area contributed by atoms with Gasteiger partial charge in [0, 0.05) is 12.3 Å². The normalized spacial score (nSPS) is 35.9. The molecule has 7 atom stereocenters. The second-order valence-corrected chi connectivity index (χ2v) is 10.00. The van der Waals surface area contributed by atoms with Gasteiger partial charge in [0.15, 0.2) is 12.2 Å². The van der Waals surface area contributed by atoms with Gasteiger partial charge in [0.05, 0.1) is 0 Å². The lowest BCUT2D eigenvalue weighted by Crippen LogP contribution is -2.58. The van der Waals surface area contributed by atoms with E-state index in [4.69, 9.17) is 18.4 Å². The van der Waals surface area contributed by atoms with Gasteiger partial charge in [-0.15, -0.1) is 0 Å². The Bertz CT molecular complexity index is 848. The molecule has 0 amide bonds. The molecule has 29 heavy (non-hydrogen) atoms. The lowest BCUT2D eigenvalue weighted by molar-refractivity contribution is -0.339. The Morgan fingerprint density at radius 3 is 2.17 bits per heavy atom. The van der Waals surface area contributed by atoms with Crippen molar-refractivity contribution in [3.63, 3.8) is 0 Å². The van der Waals surface area contributed by atoms with Crippen LogP contribution in [0.15, 0.2) is 0 Å². The number of rotatable bonds is 5. The summed E-state index contributed by atoms with van der Waals surface area (Å²) >= 11 is 0. The molecule has 2 bridgehead atoms. The van der Waals surface area contributed by atoms with Crippen LogP contribution >= 0.6 is 0 Å². The third-order valence-electron chi connectivity index (χ3n) is 5.09. The smallest absolute Gasteiger partial charge is 0.323 e. The monoisotopic (exact) mass is 441 g/mol. The first-order valence-corrected chi connectivity index (χ1v) is 10.1. The van der Waals surface area contributed by atoms with Crippen LogP contribution in [0.1, 0.15) is 27.7 Å². The standard InChI is InChI=1S/C16H20F2O10S/c1-5(19)25-8-7-6(11-10(26-7)9(8)28-29(11,23)24)12(20)27-13(15(2,3)4)16(17,18)14(21)22/h6-11,13H,1-4H3,(H,21,22)/p-1. The molecule has 3 aliphatic heterocycles. The van der Waals surface area contributed by atoms with Crippen molar-refractivity contribution >= 4 is 28.0 Å². The van der Waals surface area contributed by atoms with Crippen molar-refractivity contribution in [1.82, 2.24) is 0 Å². The van der Waals surface area contributed by atoms with Crippen molar-refractivity contribution in [3.05, 3.63) is 0 Å². The van der Waals surface area contributed by atoms with Crippen molar-refractivity contribution in [2.24, 2.45) is 11.3 Å². The van der Waals surface area contributed by atoms with E-state index in [2.05, 4.69) is 0 Å². The Kier molecular flexibility index (Phi) is 4.95. The minimum Gasteiger partial charge on any atom is -0.544 e. The highest BCUT2D eigenvalue weighted by Gasteiger charge is 2.74. The van der Waals surface area contributed by atoms with Crippen LogP contribution in [-0.4, -0.2) is 68.0 Å². The number of esters is 2. The topological polar surface area (TPSA) is 145 Å². The van der Waals surface area contributed by atoms with Gasteiger partial charge in [-0.05, 0) is 0 Å². The largest absolute Gasteiger partial charge is 0.544 e. The Hall–Kier alpha value is -1.86. The van der Waals surface area contributed by atoms with Crippen molar-refractivity contribution in [3.8, 4) is 0 Å². The van der Waals surface area contributed by atoms with Gasteiger partial charge in [0.25, 0.3) is 10.1 Å². The maximum absolute atomic E-state index is 14.1. The van der Waals surface area contributed by atoms with Crippen LogP contribution < -0.4 is 5.11 Å².